The van der Waals surface area contributed by atoms with Crippen LogP contribution in [0.25, 0.3) is 0 Å². The molecule has 0 radical (unpaired) electrons. The Bertz CT molecular complexity index is 909. The van der Waals surface area contributed by atoms with Crippen molar-refractivity contribution in [2.24, 2.45) is 10.9 Å². The van der Waals surface area contributed by atoms with Crippen molar-refractivity contribution in [1.82, 2.24) is 0 Å². The topological polar surface area (TPSA) is 65.0 Å². The number of carbonyl (C=O) groups is 2. The summed E-state index contributed by atoms with van der Waals surface area (Å²) in [6.07, 6.45) is 3.96. The van der Waals surface area contributed by atoms with Gasteiger partial charge in [-0.1, -0.05) is 12.1 Å². The molecule has 1 aromatic rings. The van der Waals surface area contributed by atoms with Gasteiger partial charge in [-0.05, 0) is 63.6 Å². The first kappa shape index (κ1) is 18.9. The van der Waals surface area contributed by atoms with Crippen LogP contribution in [-0.2, 0) is 20.7 Å². The number of rotatable bonds is 2. The molecule has 28 heavy (non-hydrogen) atoms. The third-order valence-electron chi connectivity index (χ3n) is 6.12. The molecule has 4 rings (SSSR count). The van der Waals surface area contributed by atoms with Gasteiger partial charge in [0.2, 0.25) is 0 Å². The predicted molar refractivity (Wildman–Crippen MR) is 107 cm³/mol. The minimum absolute atomic E-state index is 0.103. The summed E-state index contributed by atoms with van der Waals surface area (Å²) in [5.74, 6) is -0.254. The second-order valence-electron chi connectivity index (χ2n) is 8.60. The van der Waals surface area contributed by atoms with Gasteiger partial charge in [-0.15, -0.1) is 0 Å². The molecule has 1 aliphatic carbocycles. The average molecular weight is 381 g/mol. The zero-order valence-corrected chi connectivity index (χ0v) is 17.0. The molecule has 0 amide bonds. The Labute approximate surface area is 165 Å². The zero-order chi connectivity index (χ0) is 20.1. The minimum Gasteiger partial charge on any atom is -0.488 e. The lowest BCUT2D eigenvalue weighted by Crippen LogP contribution is -2.37. The van der Waals surface area contributed by atoms with Crippen molar-refractivity contribution >= 4 is 17.5 Å². The molecule has 0 fully saturated rings. The van der Waals surface area contributed by atoms with Crippen LogP contribution in [0.5, 0.6) is 5.75 Å². The summed E-state index contributed by atoms with van der Waals surface area (Å²) in [4.78, 5) is 30.1. The second kappa shape index (κ2) is 6.87. The van der Waals surface area contributed by atoms with Crippen LogP contribution in [0, 0.1) is 5.92 Å². The van der Waals surface area contributed by atoms with Crippen molar-refractivity contribution in [3.8, 4) is 5.75 Å². The number of carbonyl (C=O) groups excluding carboxylic acids is 2. The highest BCUT2D eigenvalue weighted by molar-refractivity contribution is 6.08. The maximum atomic E-state index is 12.8. The van der Waals surface area contributed by atoms with E-state index in [1.165, 1.54) is 7.11 Å². The first-order chi connectivity index (χ1) is 13.3. The van der Waals surface area contributed by atoms with Crippen LogP contribution < -0.4 is 4.74 Å². The van der Waals surface area contributed by atoms with E-state index in [9.17, 15) is 9.59 Å². The summed E-state index contributed by atoms with van der Waals surface area (Å²) in [5.41, 5.74) is 4.19. The molecule has 5 nitrogen and oxygen atoms in total. The van der Waals surface area contributed by atoms with Crippen molar-refractivity contribution in [1.29, 1.82) is 0 Å². The number of nitrogens with zero attached hydrogens (tertiary/aromatic N) is 1. The summed E-state index contributed by atoms with van der Waals surface area (Å²) in [6.45, 7) is 6.05. The molecule has 0 aromatic heterocycles. The smallest absolute Gasteiger partial charge is 0.315 e. The summed E-state index contributed by atoms with van der Waals surface area (Å²) in [7, 11) is 1.39. The largest absolute Gasteiger partial charge is 0.488 e. The Morgan fingerprint density at radius 3 is 2.79 bits per heavy atom. The number of methoxy groups -OCH3 is 1. The Morgan fingerprint density at radius 1 is 1.25 bits per heavy atom. The SMILES string of the molecule is COC(=O)C1C(C)=NC2=C(C(=O)CCC2)[C@@H]1c1ccc2c(c1)CCC(C)(C)O2. The van der Waals surface area contributed by atoms with Gasteiger partial charge >= 0.3 is 5.97 Å². The van der Waals surface area contributed by atoms with E-state index in [4.69, 9.17) is 9.47 Å². The zero-order valence-electron chi connectivity index (χ0n) is 17.0. The number of ketones is 1. The van der Waals surface area contributed by atoms with E-state index in [2.05, 4.69) is 24.9 Å². The van der Waals surface area contributed by atoms with Gasteiger partial charge in [0, 0.05) is 29.3 Å². The van der Waals surface area contributed by atoms with E-state index >= 15 is 0 Å². The van der Waals surface area contributed by atoms with Gasteiger partial charge in [-0.3, -0.25) is 14.6 Å². The second-order valence-corrected chi connectivity index (χ2v) is 8.60. The Morgan fingerprint density at radius 2 is 2.04 bits per heavy atom. The molecule has 2 atom stereocenters. The molecule has 0 spiro atoms. The minimum atomic E-state index is -0.565. The molecule has 0 saturated carbocycles. The Kier molecular flexibility index (Phi) is 4.64. The van der Waals surface area contributed by atoms with E-state index in [0.29, 0.717) is 12.0 Å². The third-order valence-corrected chi connectivity index (χ3v) is 6.12. The highest BCUT2D eigenvalue weighted by atomic mass is 16.5. The maximum Gasteiger partial charge on any atom is 0.315 e. The number of fused-ring (bicyclic) bond motifs is 1. The van der Waals surface area contributed by atoms with Crippen LogP contribution in [0.15, 0.2) is 34.5 Å². The van der Waals surface area contributed by atoms with Gasteiger partial charge in [0.1, 0.15) is 17.3 Å². The van der Waals surface area contributed by atoms with E-state index in [1.54, 1.807) is 0 Å². The highest BCUT2D eigenvalue weighted by Crippen LogP contribution is 2.45. The molecule has 3 aliphatic rings. The standard InChI is InChI=1S/C23H27NO4/c1-13-19(22(26)27-4)20(21-16(24-13)6-5-7-17(21)25)15-8-9-18-14(12-15)10-11-23(2,3)28-18/h8-9,12,19-20H,5-7,10-11H2,1-4H3/t19?,20-/m1/s1. The van der Waals surface area contributed by atoms with Crippen LogP contribution in [0.4, 0.5) is 0 Å². The normalized spacial score (nSPS) is 26.0. The van der Waals surface area contributed by atoms with E-state index in [0.717, 1.165) is 54.0 Å². The van der Waals surface area contributed by atoms with Crippen molar-refractivity contribution in [3.05, 3.63) is 40.6 Å². The van der Waals surface area contributed by atoms with Crippen molar-refractivity contribution in [2.45, 2.75) is 64.4 Å². The van der Waals surface area contributed by atoms with Crippen LogP contribution in [0.1, 0.15) is 63.5 Å². The molecule has 0 N–H and O–H groups in total. The van der Waals surface area contributed by atoms with Gasteiger partial charge < -0.3 is 9.47 Å². The molecular weight excluding hydrogens is 354 g/mol. The predicted octanol–water partition coefficient (Wildman–Crippen LogP) is 4.14. The fraction of sp³-hybridized carbons (Fsp3) is 0.522. The van der Waals surface area contributed by atoms with Crippen molar-refractivity contribution in [2.75, 3.05) is 7.11 Å². The van der Waals surface area contributed by atoms with Crippen LogP contribution in [0.3, 0.4) is 0 Å². The van der Waals surface area contributed by atoms with Crippen LogP contribution in [-0.4, -0.2) is 30.2 Å². The van der Waals surface area contributed by atoms with E-state index in [-0.39, 0.29) is 23.3 Å². The number of allylic oxidation sites excluding steroid dienone is 2. The molecule has 0 bridgehead atoms. The van der Waals surface area contributed by atoms with Crippen LogP contribution >= 0.6 is 0 Å². The molecule has 0 saturated heterocycles. The van der Waals surface area contributed by atoms with Gasteiger partial charge in [0.15, 0.2) is 5.78 Å². The molecule has 1 aromatic carbocycles. The average Bonchev–Trinajstić information content (AvgIpc) is 2.65. The summed E-state index contributed by atoms with van der Waals surface area (Å²) in [6, 6.07) is 6.08. The number of hydrogen-bond acceptors (Lipinski definition) is 5. The lowest BCUT2D eigenvalue weighted by Gasteiger charge is -2.36. The van der Waals surface area contributed by atoms with Crippen LogP contribution in [0.2, 0.25) is 0 Å². The third kappa shape index (κ3) is 3.17. The fourth-order valence-corrected chi connectivity index (χ4v) is 4.67. The monoisotopic (exact) mass is 381 g/mol. The first-order valence-electron chi connectivity index (χ1n) is 10.0. The highest BCUT2D eigenvalue weighted by Gasteiger charge is 2.43. The molecule has 2 heterocycles. The molecule has 1 unspecified atom stereocenters. The van der Waals surface area contributed by atoms with Gasteiger partial charge in [-0.2, -0.15) is 0 Å². The van der Waals surface area contributed by atoms with E-state index in [1.807, 2.05) is 19.1 Å². The lowest BCUT2D eigenvalue weighted by atomic mass is 9.71. The van der Waals surface area contributed by atoms with Gasteiger partial charge in [0.25, 0.3) is 0 Å². The number of aryl methyl sites for hydroxylation is 1. The lowest BCUT2D eigenvalue weighted by molar-refractivity contribution is -0.143. The van der Waals surface area contributed by atoms with E-state index < -0.39 is 5.92 Å². The molecule has 5 heteroatoms. The number of aliphatic imine (C=N–C) groups is 1. The molecule has 148 valence electrons. The number of Topliss-reactive ketones (excluding diaryl/α,β-unsaturated/α-hetero) is 1. The quantitative estimate of drug-likeness (QED) is 0.722. The molecular formula is C23H27NO4. The first-order valence-corrected chi connectivity index (χ1v) is 10.0. The fourth-order valence-electron chi connectivity index (χ4n) is 4.67. The number of esters is 1. The Hall–Kier alpha value is -2.43. The van der Waals surface area contributed by atoms with Gasteiger partial charge in [-0.25, -0.2) is 0 Å². The summed E-state index contributed by atoms with van der Waals surface area (Å²) >= 11 is 0. The Balaban J connectivity index is 1.82. The van der Waals surface area contributed by atoms with Gasteiger partial charge in [0.05, 0.1) is 7.11 Å². The summed E-state index contributed by atoms with van der Waals surface area (Å²) < 4.78 is 11.2. The molecule has 2 aliphatic heterocycles. The number of benzene rings is 1. The number of ether oxygens (including phenoxy) is 2. The number of hydrogen-bond donors (Lipinski definition) is 0. The van der Waals surface area contributed by atoms with Crippen molar-refractivity contribution < 1.29 is 19.1 Å². The van der Waals surface area contributed by atoms with Crippen molar-refractivity contribution in [3.63, 3.8) is 0 Å². The summed E-state index contributed by atoms with van der Waals surface area (Å²) in [5, 5.41) is 0. The maximum absolute atomic E-state index is 12.8.